The van der Waals surface area contributed by atoms with Gasteiger partial charge in [0.25, 0.3) is 0 Å². The molecular formula is C35H36F4N2O2S2Si. The molecule has 46 heavy (non-hydrogen) atoms. The van der Waals surface area contributed by atoms with Gasteiger partial charge in [-0.15, -0.1) is 23.1 Å². The van der Waals surface area contributed by atoms with Gasteiger partial charge >= 0.3 is 6.18 Å². The third-order valence-electron chi connectivity index (χ3n) is 8.55. The van der Waals surface area contributed by atoms with Crippen molar-refractivity contribution in [1.82, 2.24) is 10.1 Å². The van der Waals surface area contributed by atoms with Gasteiger partial charge in [-0.25, -0.2) is 9.37 Å². The van der Waals surface area contributed by atoms with Crippen molar-refractivity contribution < 1.29 is 26.9 Å². The number of thioether (sulfide) groups is 1. The van der Waals surface area contributed by atoms with Crippen LogP contribution in [0.1, 0.15) is 52.1 Å². The first-order chi connectivity index (χ1) is 21.5. The van der Waals surface area contributed by atoms with Crippen molar-refractivity contribution in [2.24, 2.45) is 0 Å². The van der Waals surface area contributed by atoms with Gasteiger partial charge in [-0.05, 0) is 98.1 Å². The number of hydrogen-bond acceptors (Lipinski definition) is 6. The molecule has 5 rings (SSSR count). The summed E-state index contributed by atoms with van der Waals surface area (Å²) >= 11 is 3.12. The second kappa shape index (κ2) is 13.1. The minimum atomic E-state index is -4.41. The zero-order valence-electron chi connectivity index (χ0n) is 26.5. The number of hydrogen-bond donors (Lipinski definition) is 1. The van der Waals surface area contributed by atoms with Crippen LogP contribution in [0.25, 0.3) is 21.8 Å². The van der Waals surface area contributed by atoms with Gasteiger partial charge in [0.2, 0.25) is 0 Å². The summed E-state index contributed by atoms with van der Waals surface area (Å²) in [7, 11) is -2.39. The summed E-state index contributed by atoms with van der Waals surface area (Å²) in [5.74, 6) is 0.311. The van der Waals surface area contributed by atoms with Gasteiger partial charge in [0.15, 0.2) is 8.32 Å². The molecule has 0 spiro atoms. The maximum absolute atomic E-state index is 13.5. The van der Waals surface area contributed by atoms with Crippen LogP contribution in [0, 0.1) is 19.7 Å². The van der Waals surface area contributed by atoms with E-state index in [9.17, 15) is 22.4 Å². The number of rotatable bonds is 10. The van der Waals surface area contributed by atoms with Crippen LogP contribution in [0.15, 0.2) is 82.2 Å². The average Bonchev–Trinajstić information content (AvgIpc) is 3.60. The smallest absolute Gasteiger partial charge is 0.416 e. The fourth-order valence-corrected chi connectivity index (χ4v) is 8.18. The van der Waals surface area contributed by atoms with E-state index < -0.39 is 20.1 Å². The van der Waals surface area contributed by atoms with Crippen molar-refractivity contribution in [1.29, 1.82) is 0 Å². The van der Waals surface area contributed by atoms with E-state index in [4.69, 9.17) is 9.51 Å². The molecule has 2 heterocycles. The lowest BCUT2D eigenvalue weighted by atomic mass is 9.98. The van der Waals surface area contributed by atoms with Crippen molar-refractivity contribution in [3.63, 3.8) is 0 Å². The Labute approximate surface area is 276 Å². The molecule has 0 bridgehead atoms. The predicted molar refractivity (Wildman–Crippen MR) is 180 cm³/mol. The summed E-state index contributed by atoms with van der Waals surface area (Å²) in [6.45, 7) is 12.2. The van der Waals surface area contributed by atoms with Gasteiger partial charge in [0.1, 0.15) is 22.3 Å². The van der Waals surface area contributed by atoms with E-state index in [1.807, 2.05) is 26.1 Å². The molecule has 2 aromatic heterocycles. The molecule has 11 heteroatoms. The maximum atomic E-state index is 13.5. The van der Waals surface area contributed by atoms with Gasteiger partial charge in [-0.1, -0.05) is 37.2 Å². The number of aromatic nitrogens is 2. The van der Waals surface area contributed by atoms with Crippen molar-refractivity contribution in [3.8, 4) is 21.8 Å². The maximum Gasteiger partial charge on any atom is 0.416 e. The molecule has 242 valence electrons. The first-order valence-electron chi connectivity index (χ1n) is 14.9. The molecule has 1 unspecified atom stereocenters. The van der Waals surface area contributed by atoms with Gasteiger partial charge < -0.3 is 9.32 Å². The van der Waals surface area contributed by atoms with Crippen LogP contribution in [-0.4, -0.2) is 23.3 Å². The van der Waals surface area contributed by atoms with Crippen molar-refractivity contribution in [2.75, 3.05) is 0 Å². The zero-order chi connectivity index (χ0) is 33.4. The van der Waals surface area contributed by atoms with Crippen LogP contribution in [0.4, 0.5) is 17.6 Å². The zero-order valence-corrected chi connectivity index (χ0v) is 29.1. The highest BCUT2D eigenvalue weighted by Gasteiger charge is 2.38. The van der Waals surface area contributed by atoms with Crippen molar-refractivity contribution in [2.45, 2.75) is 75.0 Å². The van der Waals surface area contributed by atoms with Gasteiger partial charge in [0.05, 0.1) is 16.5 Å². The molecule has 3 aromatic carbocycles. The predicted octanol–water partition coefficient (Wildman–Crippen LogP) is 10.8. The molecular weight excluding hydrogens is 649 g/mol. The fourth-order valence-electron chi connectivity index (χ4n) is 4.97. The number of nitrogens with zero attached hydrogens (tertiary/aromatic N) is 2. The van der Waals surface area contributed by atoms with E-state index in [-0.39, 0.29) is 16.1 Å². The summed E-state index contributed by atoms with van der Waals surface area (Å²) in [5, 5.41) is 4.53. The summed E-state index contributed by atoms with van der Waals surface area (Å²) in [6, 6.07) is 19.4. The molecule has 4 nitrogen and oxygen atoms in total. The van der Waals surface area contributed by atoms with Crippen LogP contribution < -0.4 is 0 Å². The Hall–Kier alpha value is -3.25. The van der Waals surface area contributed by atoms with E-state index in [0.717, 1.165) is 45.1 Å². The molecule has 0 saturated carbocycles. The Bertz CT molecular complexity index is 1810. The van der Waals surface area contributed by atoms with E-state index >= 15 is 0 Å². The normalized spacial score (nSPS) is 13.3. The highest BCUT2D eigenvalue weighted by Crippen LogP contribution is 2.45. The highest BCUT2D eigenvalue weighted by atomic mass is 32.2. The van der Waals surface area contributed by atoms with E-state index in [1.165, 1.54) is 41.2 Å². The van der Waals surface area contributed by atoms with E-state index in [1.54, 1.807) is 23.9 Å². The van der Waals surface area contributed by atoms with Gasteiger partial charge in [-0.2, -0.15) is 13.2 Å². The summed E-state index contributed by atoms with van der Waals surface area (Å²) in [6.07, 6.45) is -3.15. The topological polar surface area (TPSA) is 59.2 Å². The third-order valence-corrected chi connectivity index (χ3v) is 14.7. The molecule has 5 aromatic rings. The van der Waals surface area contributed by atoms with Gasteiger partial charge in [0, 0.05) is 33.4 Å². The molecule has 0 aliphatic heterocycles. The van der Waals surface area contributed by atoms with Crippen LogP contribution >= 0.6 is 23.1 Å². The third kappa shape index (κ3) is 7.82. The Morgan fingerprint density at radius 1 is 0.935 bits per heavy atom. The molecule has 0 amide bonds. The largest absolute Gasteiger partial charge is 0.432 e. The van der Waals surface area contributed by atoms with Gasteiger partial charge in [-0.3, -0.25) is 0 Å². The molecule has 1 N–H and O–H groups in total. The molecule has 0 aliphatic rings. The Balaban J connectivity index is 1.46. The summed E-state index contributed by atoms with van der Waals surface area (Å²) in [5.41, 5.74) is 4.38. The second-order valence-corrected chi connectivity index (χ2v) is 19.5. The van der Waals surface area contributed by atoms with Crippen LogP contribution in [0.5, 0.6) is 0 Å². The van der Waals surface area contributed by atoms with Crippen molar-refractivity contribution >= 4 is 31.4 Å². The summed E-state index contributed by atoms with van der Waals surface area (Å²) < 4.78 is 58.7. The number of alkyl halides is 3. The summed E-state index contributed by atoms with van der Waals surface area (Å²) in [4.78, 5) is 17.6. The molecule has 1 atom stereocenters. The lowest BCUT2D eigenvalue weighted by Crippen LogP contribution is -2.40. The number of thiazole rings is 1. The Morgan fingerprint density at radius 3 is 2.20 bits per heavy atom. The molecule has 0 aliphatic carbocycles. The SMILES string of the molecule is Cc1cc(SC(Cc2cc(-c3ccc(F)cc3)no2)c2sc(-c3ccc(C(F)(F)F)cc3)nc2C)ccc1CC(C)(C)[Si](C)(C)O. The highest BCUT2D eigenvalue weighted by molar-refractivity contribution is 7.99. The Morgan fingerprint density at radius 2 is 1.59 bits per heavy atom. The Kier molecular flexibility index (Phi) is 9.71. The first-order valence-corrected chi connectivity index (χ1v) is 19.5. The lowest BCUT2D eigenvalue weighted by molar-refractivity contribution is -0.137. The standard InChI is InChI=1S/C35H36F4N2O2S2Si/c1-21-17-29(16-11-25(21)20-34(3,4)46(5,6)42)44-31(19-28-18-30(41-43-28)23-9-14-27(36)15-10-23)32-22(2)40-33(45-32)24-7-12-26(13-8-24)35(37,38)39/h7-18,31,42H,19-20H2,1-6H3. The molecule has 0 saturated heterocycles. The minimum Gasteiger partial charge on any atom is -0.432 e. The van der Waals surface area contributed by atoms with E-state index in [0.29, 0.717) is 28.4 Å². The number of benzene rings is 3. The van der Waals surface area contributed by atoms with E-state index in [2.05, 4.69) is 44.1 Å². The average molecular weight is 685 g/mol. The molecule has 0 radical (unpaired) electrons. The fraction of sp³-hybridized carbons (Fsp3) is 0.314. The minimum absolute atomic E-state index is 0.139. The quantitative estimate of drug-likeness (QED) is 0.0901. The van der Waals surface area contributed by atoms with Crippen molar-refractivity contribution in [3.05, 3.63) is 112 Å². The van der Waals surface area contributed by atoms with Crippen LogP contribution in [0.3, 0.4) is 0 Å². The monoisotopic (exact) mass is 684 g/mol. The number of halogens is 4. The molecule has 0 fully saturated rings. The van der Waals surface area contributed by atoms with Crippen LogP contribution in [-0.2, 0) is 19.0 Å². The van der Waals surface area contributed by atoms with Crippen LogP contribution in [0.2, 0.25) is 18.1 Å². The first kappa shape index (κ1) is 34.1. The lowest BCUT2D eigenvalue weighted by Gasteiger charge is -2.35. The second-order valence-electron chi connectivity index (χ2n) is 12.7. The number of aryl methyl sites for hydroxylation is 2.